The Morgan fingerprint density at radius 2 is 1.77 bits per heavy atom. The summed E-state index contributed by atoms with van der Waals surface area (Å²) in [5.74, 6) is 0.546. The number of hydrogen-bond donors (Lipinski definition) is 1. The average molecular weight is 367 g/mol. The summed E-state index contributed by atoms with van der Waals surface area (Å²) in [5, 5.41) is 0. The Bertz CT molecular complexity index is 493. The maximum atomic E-state index is 11.0. The second kappa shape index (κ2) is 14.5. The summed E-state index contributed by atoms with van der Waals surface area (Å²) in [5.41, 5.74) is 6.96. The molecule has 1 atom stereocenters. The minimum Gasteiger partial charge on any atom is -0.494 e. The summed E-state index contributed by atoms with van der Waals surface area (Å²) in [6, 6.07) is 7.97. The Hall–Kier alpha value is -1.63. The maximum absolute atomic E-state index is 11.0. The molecule has 1 aromatic carbocycles. The van der Waals surface area contributed by atoms with E-state index in [2.05, 4.69) is 0 Å². The van der Waals surface area contributed by atoms with Gasteiger partial charge in [0.25, 0.3) is 0 Å². The number of unbranched alkanes of at least 4 members (excludes halogenated alkanes) is 3. The lowest BCUT2D eigenvalue weighted by Crippen LogP contribution is -2.15. The van der Waals surface area contributed by atoms with Gasteiger partial charge in [-0.15, -0.1) is 0 Å². The first kappa shape index (κ1) is 22.4. The van der Waals surface area contributed by atoms with Crippen molar-refractivity contribution in [3.05, 3.63) is 29.8 Å². The van der Waals surface area contributed by atoms with Crippen molar-refractivity contribution >= 4 is 5.97 Å². The van der Waals surface area contributed by atoms with Crippen molar-refractivity contribution in [3.8, 4) is 5.75 Å². The Kier molecular flexibility index (Phi) is 12.5. The smallest absolute Gasteiger partial charge is 0.332 e. The molecule has 0 heterocycles. The molecule has 0 saturated carbocycles. The van der Waals surface area contributed by atoms with Crippen LogP contribution in [0.4, 0.5) is 0 Å². The topological polar surface area (TPSA) is 80.0 Å². The van der Waals surface area contributed by atoms with Crippen LogP contribution in [-0.2, 0) is 19.0 Å². The van der Waals surface area contributed by atoms with E-state index in [0.29, 0.717) is 33.0 Å². The molecule has 1 aromatic rings. The molecule has 0 spiro atoms. The van der Waals surface area contributed by atoms with Crippen molar-refractivity contribution in [2.45, 2.75) is 45.6 Å². The van der Waals surface area contributed by atoms with E-state index >= 15 is 0 Å². The number of carbonyl (C=O) groups is 1. The third-order valence-corrected chi connectivity index (χ3v) is 3.73. The van der Waals surface area contributed by atoms with E-state index in [4.69, 9.17) is 24.7 Å². The van der Waals surface area contributed by atoms with Crippen LogP contribution in [0.2, 0.25) is 0 Å². The molecule has 0 aromatic heterocycles. The summed E-state index contributed by atoms with van der Waals surface area (Å²) < 4.78 is 21.1. The molecule has 6 heteroatoms. The van der Waals surface area contributed by atoms with Crippen LogP contribution in [0, 0.1) is 0 Å². The molecule has 1 rings (SSSR count). The van der Waals surface area contributed by atoms with Crippen molar-refractivity contribution in [2.75, 3.05) is 39.6 Å². The quantitative estimate of drug-likeness (QED) is 0.379. The van der Waals surface area contributed by atoms with Crippen molar-refractivity contribution in [1.82, 2.24) is 0 Å². The first-order valence-electron chi connectivity index (χ1n) is 9.43. The lowest BCUT2D eigenvalue weighted by Gasteiger charge is -2.10. The molecule has 0 saturated heterocycles. The highest BCUT2D eigenvalue weighted by atomic mass is 16.6. The van der Waals surface area contributed by atoms with Crippen LogP contribution in [0.1, 0.15) is 51.1 Å². The van der Waals surface area contributed by atoms with E-state index in [0.717, 1.165) is 37.0 Å². The van der Waals surface area contributed by atoms with Gasteiger partial charge in [-0.3, -0.25) is 0 Å². The van der Waals surface area contributed by atoms with E-state index in [9.17, 15) is 4.79 Å². The zero-order chi connectivity index (χ0) is 19.0. The Labute approximate surface area is 156 Å². The van der Waals surface area contributed by atoms with Crippen LogP contribution in [0.3, 0.4) is 0 Å². The molecule has 0 amide bonds. The molecule has 0 aliphatic rings. The van der Waals surface area contributed by atoms with Crippen molar-refractivity contribution < 1.29 is 23.7 Å². The standard InChI is InChI=1S/C20H33NO5/c1-3-25-20(22)16-24-14-13-23-11-6-4-5-7-12-26-19-10-8-9-18(15-19)17(2)21/h8-10,15,17H,3-7,11-14,16,21H2,1-2H3/t17-/m1/s1. The largest absolute Gasteiger partial charge is 0.494 e. The molecular weight excluding hydrogens is 334 g/mol. The minimum absolute atomic E-state index is 0.00962. The molecule has 0 unspecified atom stereocenters. The Morgan fingerprint density at radius 1 is 1.04 bits per heavy atom. The summed E-state index contributed by atoms with van der Waals surface area (Å²) >= 11 is 0. The molecule has 148 valence electrons. The van der Waals surface area contributed by atoms with Crippen LogP contribution in [0.15, 0.2) is 24.3 Å². The zero-order valence-electron chi connectivity index (χ0n) is 16.1. The van der Waals surface area contributed by atoms with Gasteiger partial charge in [0.1, 0.15) is 12.4 Å². The predicted octanol–water partition coefficient (Wildman–Crippen LogP) is 3.24. The van der Waals surface area contributed by atoms with Gasteiger partial charge in [0.2, 0.25) is 0 Å². The lowest BCUT2D eigenvalue weighted by atomic mass is 10.1. The monoisotopic (exact) mass is 367 g/mol. The average Bonchev–Trinajstić information content (AvgIpc) is 2.63. The van der Waals surface area contributed by atoms with Crippen LogP contribution in [-0.4, -0.2) is 45.6 Å². The van der Waals surface area contributed by atoms with Gasteiger partial charge in [0.05, 0.1) is 26.4 Å². The number of ether oxygens (including phenoxy) is 4. The number of esters is 1. The molecule has 0 aliphatic heterocycles. The van der Waals surface area contributed by atoms with Crippen LogP contribution in [0.5, 0.6) is 5.75 Å². The zero-order valence-corrected chi connectivity index (χ0v) is 16.1. The summed E-state index contributed by atoms with van der Waals surface area (Å²) in [4.78, 5) is 11.0. The molecule has 0 aliphatic carbocycles. The SMILES string of the molecule is CCOC(=O)COCCOCCCCCCOc1cccc([C@@H](C)N)c1. The van der Waals surface area contributed by atoms with E-state index < -0.39 is 0 Å². The summed E-state index contributed by atoms with van der Waals surface area (Å²) in [6.45, 7) is 6.43. The summed E-state index contributed by atoms with van der Waals surface area (Å²) in [7, 11) is 0. The third-order valence-electron chi connectivity index (χ3n) is 3.73. The van der Waals surface area contributed by atoms with Gasteiger partial charge in [-0.25, -0.2) is 4.79 Å². The maximum Gasteiger partial charge on any atom is 0.332 e. The third kappa shape index (κ3) is 11.1. The van der Waals surface area contributed by atoms with Crippen LogP contribution < -0.4 is 10.5 Å². The highest BCUT2D eigenvalue weighted by Gasteiger charge is 2.02. The van der Waals surface area contributed by atoms with Gasteiger partial charge in [-0.1, -0.05) is 18.6 Å². The van der Waals surface area contributed by atoms with Gasteiger partial charge in [-0.2, -0.15) is 0 Å². The first-order valence-corrected chi connectivity index (χ1v) is 9.43. The highest BCUT2D eigenvalue weighted by Crippen LogP contribution is 2.17. The highest BCUT2D eigenvalue weighted by molar-refractivity contribution is 5.70. The number of carbonyl (C=O) groups excluding carboxylic acids is 1. The number of benzene rings is 1. The van der Waals surface area contributed by atoms with E-state index in [1.165, 1.54) is 0 Å². The van der Waals surface area contributed by atoms with Crippen LogP contribution in [0.25, 0.3) is 0 Å². The van der Waals surface area contributed by atoms with Crippen molar-refractivity contribution in [2.24, 2.45) is 5.73 Å². The van der Waals surface area contributed by atoms with Gasteiger partial charge >= 0.3 is 5.97 Å². The molecule has 26 heavy (non-hydrogen) atoms. The predicted molar refractivity (Wildman–Crippen MR) is 101 cm³/mol. The van der Waals surface area contributed by atoms with E-state index in [-0.39, 0.29) is 18.6 Å². The molecule has 0 radical (unpaired) electrons. The summed E-state index contributed by atoms with van der Waals surface area (Å²) in [6.07, 6.45) is 4.24. The van der Waals surface area contributed by atoms with E-state index in [1.54, 1.807) is 6.92 Å². The fourth-order valence-corrected chi connectivity index (χ4v) is 2.32. The second-order valence-corrected chi connectivity index (χ2v) is 6.09. The van der Waals surface area contributed by atoms with Gasteiger partial charge in [0, 0.05) is 12.6 Å². The van der Waals surface area contributed by atoms with Gasteiger partial charge in [-0.05, 0) is 50.8 Å². The first-order chi connectivity index (χ1) is 12.6. The fraction of sp³-hybridized carbons (Fsp3) is 0.650. The number of rotatable bonds is 15. The Balaban J connectivity index is 1.89. The van der Waals surface area contributed by atoms with Crippen molar-refractivity contribution in [3.63, 3.8) is 0 Å². The molecule has 0 fully saturated rings. The molecule has 0 bridgehead atoms. The molecule has 6 nitrogen and oxygen atoms in total. The van der Waals surface area contributed by atoms with Gasteiger partial charge in [0.15, 0.2) is 0 Å². The lowest BCUT2D eigenvalue weighted by molar-refractivity contribution is -0.148. The van der Waals surface area contributed by atoms with Gasteiger partial charge < -0.3 is 24.7 Å². The second-order valence-electron chi connectivity index (χ2n) is 6.09. The number of nitrogens with two attached hydrogens (primary N) is 1. The fourth-order valence-electron chi connectivity index (χ4n) is 2.32. The normalized spacial score (nSPS) is 12.0. The Morgan fingerprint density at radius 3 is 2.50 bits per heavy atom. The van der Waals surface area contributed by atoms with Crippen molar-refractivity contribution in [1.29, 1.82) is 0 Å². The van der Waals surface area contributed by atoms with E-state index in [1.807, 2.05) is 31.2 Å². The molecule has 2 N–H and O–H groups in total. The minimum atomic E-state index is -0.334. The van der Waals surface area contributed by atoms with Crippen LogP contribution >= 0.6 is 0 Å². The number of hydrogen-bond acceptors (Lipinski definition) is 6. The molecular formula is C20H33NO5.